The van der Waals surface area contributed by atoms with Crippen LogP contribution >= 0.6 is 11.6 Å². The highest BCUT2D eigenvalue weighted by Crippen LogP contribution is 2.17. The van der Waals surface area contributed by atoms with Crippen LogP contribution in [0, 0.1) is 11.7 Å². The molecule has 0 saturated heterocycles. The van der Waals surface area contributed by atoms with Crippen molar-refractivity contribution in [3.8, 4) is 0 Å². The molecule has 4 nitrogen and oxygen atoms in total. The highest BCUT2D eigenvalue weighted by molar-refractivity contribution is 6.30. The number of nitrogens with one attached hydrogen (secondary N) is 1. The predicted molar refractivity (Wildman–Crippen MR) is 109 cm³/mol. The molecule has 0 aromatic heterocycles. The minimum atomic E-state index is -0.697. The second kappa shape index (κ2) is 10.2. The minimum Gasteiger partial charge on any atom is -0.354 e. The zero-order valence-electron chi connectivity index (χ0n) is 16.4. The van der Waals surface area contributed by atoms with Gasteiger partial charge in [0, 0.05) is 18.1 Å². The van der Waals surface area contributed by atoms with E-state index in [0.717, 1.165) is 5.56 Å². The number of carbonyl (C=O) groups excluding carboxylic acids is 2. The predicted octanol–water partition coefficient (Wildman–Crippen LogP) is 4.21. The first-order valence-corrected chi connectivity index (χ1v) is 9.70. The summed E-state index contributed by atoms with van der Waals surface area (Å²) in [6.45, 7) is 6.41. The van der Waals surface area contributed by atoms with Gasteiger partial charge in [-0.1, -0.05) is 55.8 Å². The number of hydrogen-bond acceptors (Lipinski definition) is 2. The fourth-order valence-corrected chi connectivity index (χ4v) is 2.99. The van der Waals surface area contributed by atoms with E-state index in [1.54, 1.807) is 43.3 Å². The summed E-state index contributed by atoms with van der Waals surface area (Å²) in [5, 5.41) is 3.41. The van der Waals surface area contributed by atoms with Crippen molar-refractivity contribution in [1.29, 1.82) is 0 Å². The third-order valence-electron chi connectivity index (χ3n) is 4.39. The van der Waals surface area contributed by atoms with E-state index in [2.05, 4.69) is 5.32 Å². The molecule has 0 heterocycles. The van der Waals surface area contributed by atoms with Crippen LogP contribution in [-0.2, 0) is 22.6 Å². The topological polar surface area (TPSA) is 49.4 Å². The van der Waals surface area contributed by atoms with Gasteiger partial charge in [0.1, 0.15) is 11.9 Å². The van der Waals surface area contributed by atoms with Crippen LogP contribution in [0.4, 0.5) is 4.39 Å². The van der Waals surface area contributed by atoms with E-state index >= 15 is 0 Å². The van der Waals surface area contributed by atoms with Crippen LogP contribution in [0.1, 0.15) is 31.9 Å². The zero-order valence-corrected chi connectivity index (χ0v) is 17.2. The lowest BCUT2D eigenvalue weighted by Crippen LogP contribution is -2.48. The van der Waals surface area contributed by atoms with E-state index in [0.29, 0.717) is 23.0 Å². The fraction of sp³-hybridized carbons (Fsp3) is 0.364. The molecular formula is C22H26ClFN2O2. The lowest BCUT2D eigenvalue weighted by molar-refractivity contribution is -0.140. The van der Waals surface area contributed by atoms with E-state index in [1.807, 2.05) is 19.9 Å². The molecule has 1 N–H and O–H groups in total. The maximum absolute atomic E-state index is 14.0. The lowest BCUT2D eigenvalue weighted by Gasteiger charge is -2.29. The summed E-state index contributed by atoms with van der Waals surface area (Å²) in [5.74, 6) is -0.697. The van der Waals surface area contributed by atoms with E-state index in [-0.39, 0.29) is 24.8 Å². The summed E-state index contributed by atoms with van der Waals surface area (Å²) in [6.07, 6.45) is -0.116. The molecule has 0 bridgehead atoms. The summed E-state index contributed by atoms with van der Waals surface area (Å²) in [7, 11) is 0. The molecule has 0 aliphatic heterocycles. The number of halogens is 2. The average molecular weight is 405 g/mol. The van der Waals surface area contributed by atoms with Crippen LogP contribution < -0.4 is 5.32 Å². The van der Waals surface area contributed by atoms with Gasteiger partial charge in [-0.15, -0.1) is 0 Å². The molecule has 150 valence electrons. The molecule has 0 saturated carbocycles. The molecule has 0 spiro atoms. The summed E-state index contributed by atoms with van der Waals surface area (Å²) in [6, 6.07) is 12.6. The quantitative estimate of drug-likeness (QED) is 0.716. The number of carbonyl (C=O) groups is 2. The van der Waals surface area contributed by atoms with Crippen molar-refractivity contribution in [2.24, 2.45) is 5.92 Å². The van der Waals surface area contributed by atoms with Crippen LogP contribution in [-0.4, -0.2) is 29.3 Å². The van der Waals surface area contributed by atoms with Gasteiger partial charge in [0.05, 0.1) is 6.42 Å². The molecule has 2 rings (SSSR count). The Morgan fingerprint density at radius 2 is 1.82 bits per heavy atom. The first-order chi connectivity index (χ1) is 13.3. The van der Waals surface area contributed by atoms with Gasteiger partial charge in [0.15, 0.2) is 0 Å². The minimum absolute atomic E-state index is 0.116. The van der Waals surface area contributed by atoms with Crippen molar-refractivity contribution in [2.75, 3.05) is 6.54 Å². The van der Waals surface area contributed by atoms with Gasteiger partial charge in [-0.2, -0.15) is 0 Å². The molecule has 0 radical (unpaired) electrons. The summed E-state index contributed by atoms with van der Waals surface area (Å²) in [4.78, 5) is 27.0. The monoisotopic (exact) mass is 404 g/mol. The van der Waals surface area contributed by atoms with Gasteiger partial charge in [0.25, 0.3) is 0 Å². The molecule has 0 aliphatic carbocycles. The van der Waals surface area contributed by atoms with Gasteiger partial charge >= 0.3 is 0 Å². The smallest absolute Gasteiger partial charge is 0.242 e. The SMILES string of the molecule is CC(C)CNC(=O)C(C)N(Cc1cccc(Cl)c1)C(=O)Cc1ccccc1F. The highest BCUT2D eigenvalue weighted by Gasteiger charge is 2.26. The van der Waals surface area contributed by atoms with E-state index in [4.69, 9.17) is 11.6 Å². The van der Waals surface area contributed by atoms with Crippen LogP contribution in [0.3, 0.4) is 0 Å². The molecule has 0 aliphatic rings. The molecule has 2 aromatic carbocycles. The second-order valence-electron chi connectivity index (χ2n) is 7.23. The molecule has 28 heavy (non-hydrogen) atoms. The number of amides is 2. The van der Waals surface area contributed by atoms with Crippen LogP contribution in [0.2, 0.25) is 5.02 Å². The molecule has 2 aromatic rings. The second-order valence-corrected chi connectivity index (χ2v) is 7.67. The Kier molecular flexibility index (Phi) is 8.00. The van der Waals surface area contributed by atoms with Crippen LogP contribution in [0.15, 0.2) is 48.5 Å². The normalized spacial score (nSPS) is 11.9. The third-order valence-corrected chi connectivity index (χ3v) is 4.63. The van der Waals surface area contributed by atoms with Crippen molar-refractivity contribution < 1.29 is 14.0 Å². The zero-order chi connectivity index (χ0) is 20.7. The standard InChI is InChI=1S/C22H26ClFN2O2/c1-15(2)13-25-22(28)16(3)26(14-17-7-6-9-19(23)11-17)21(27)12-18-8-4-5-10-20(18)24/h4-11,15-16H,12-14H2,1-3H3,(H,25,28). The average Bonchev–Trinajstić information content (AvgIpc) is 2.65. The van der Waals surface area contributed by atoms with Gasteiger partial charge < -0.3 is 10.2 Å². The van der Waals surface area contributed by atoms with E-state index < -0.39 is 11.9 Å². The van der Waals surface area contributed by atoms with Crippen molar-refractivity contribution in [2.45, 2.75) is 39.8 Å². The molecule has 1 atom stereocenters. The van der Waals surface area contributed by atoms with Crippen LogP contribution in [0.5, 0.6) is 0 Å². The maximum Gasteiger partial charge on any atom is 0.242 e. The Labute approximate surface area is 170 Å². The van der Waals surface area contributed by atoms with Crippen molar-refractivity contribution in [1.82, 2.24) is 10.2 Å². The van der Waals surface area contributed by atoms with Gasteiger partial charge in [-0.3, -0.25) is 9.59 Å². The van der Waals surface area contributed by atoms with Gasteiger partial charge in [-0.05, 0) is 42.2 Å². The molecule has 6 heteroatoms. The first kappa shape index (κ1) is 21.9. The Morgan fingerprint density at radius 3 is 2.46 bits per heavy atom. The van der Waals surface area contributed by atoms with Crippen molar-refractivity contribution in [3.63, 3.8) is 0 Å². The van der Waals surface area contributed by atoms with Crippen LogP contribution in [0.25, 0.3) is 0 Å². The van der Waals surface area contributed by atoms with Gasteiger partial charge in [-0.25, -0.2) is 4.39 Å². The molecule has 2 amide bonds. The Hall–Kier alpha value is -2.40. The summed E-state index contributed by atoms with van der Waals surface area (Å²) < 4.78 is 14.0. The summed E-state index contributed by atoms with van der Waals surface area (Å²) >= 11 is 6.05. The van der Waals surface area contributed by atoms with E-state index in [9.17, 15) is 14.0 Å². The van der Waals surface area contributed by atoms with Crippen molar-refractivity contribution >= 4 is 23.4 Å². The Morgan fingerprint density at radius 1 is 1.11 bits per heavy atom. The number of benzene rings is 2. The maximum atomic E-state index is 14.0. The lowest BCUT2D eigenvalue weighted by atomic mass is 10.1. The third kappa shape index (κ3) is 6.34. The number of nitrogens with zero attached hydrogens (tertiary/aromatic N) is 1. The fourth-order valence-electron chi connectivity index (χ4n) is 2.77. The first-order valence-electron chi connectivity index (χ1n) is 9.33. The van der Waals surface area contributed by atoms with Gasteiger partial charge in [0.2, 0.25) is 11.8 Å². The molecular weight excluding hydrogens is 379 g/mol. The van der Waals surface area contributed by atoms with E-state index in [1.165, 1.54) is 11.0 Å². The number of hydrogen-bond donors (Lipinski definition) is 1. The highest BCUT2D eigenvalue weighted by atomic mass is 35.5. The molecule has 1 unspecified atom stereocenters. The summed E-state index contributed by atoms with van der Waals surface area (Å²) in [5.41, 5.74) is 1.11. The molecule has 0 fully saturated rings. The number of rotatable bonds is 8. The Bertz CT molecular complexity index is 826. The van der Waals surface area contributed by atoms with Crippen molar-refractivity contribution in [3.05, 3.63) is 70.5 Å². The largest absolute Gasteiger partial charge is 0.354 e. The Balaban J connectivity index is 2.22.